The van der Waals surface area contributed by atoms with Gasteiger partial charge in [-0.2, -0.15) is 4.98 Å². The van der Waals surface area contributed by atoms with Gasteiger partial charge >= 0.3 is 0 Å². The van der Waals surface area contributed by atoms with Gasteiger partial charge in [-0.15, -0.1) is 0 Å². The molecule has 2 aromatic rings. The van der Waals surface area contributed by atoms with Gasteiger partial charge in [0.25, 0.3) is 5.56 Å². The minimum Gasteiger partial charge on any atom is -0.369 e. The molecule has 0 amide bonds. The zero-order valence-electron chi connectivity index (χ0n) is 15.1. The highest BCUT2D eigenvalue weighted by atomic mass is 16.1. The first-order valence-electron chi connectivity index (χ1n) is 9.39. The first-order valence-corrected chi connectivity index (χ1v) is 9.39. The number of aromatic nitrogens is 4. The molecule has 134 valence electrons. The molecule has 0 saturated heterocycles. The number of anilines is 1. The molecule has 24 heavy (non-hydrogen) atoms. The van der Waals surface area contributed by atoms with E-state index in [2.05, 4.69) is 33.4 Å². The summed E-state index contributed by atoms with van der Waals surface area (Å²) in [6.45, 7) is 4.45. The molecule has 0 atom stereocenters. The number of fused-ring (bicyclic) bond motifs is 1. The summed E-state index contributed by atoms with van der Waals surface area (Å²) in [6.07, 6.45) is 13.9. The van der Waals surface area contributed by atoms with Crippen LogP contribution < -0.4 is 11.3 Å². The van der Waals surface area contributed by atoms with Gasteiger partial charge in [-0.05, 0) is 12.8 Å². The van der Waals surface area contributed by atoms with E-state index in [1.165, 1.54) is 51.4 Å². The van der Waals surface area contributed by atoms with Crippen molar-refractivity contribution in [3.05, 3.63) is 16.7 Å². The number of aromatic amines is 1. The highest BCUT2D eigenvalue weighted by molar-refractivity contribution is 5.70. The van der Waals surface area contributed by atoms with E-state index in [1.807, 2.05) is 0 Å². The van der Waals surface area contributed by atoms with Gasteiger partial charge in [0.1, 0.15) is 0 Å². The molecule has 0 aliphatic heterocycles. The largest absolute Gasteiger partial charge is 0.369 e. The van der Waals surface area contributed by atoms with Crippen molar-refractivity contribution in [2.45, 2.75) is 84.1 Å². The summed E-state index contributed by atoms with van der Waals surface area (Å²) in [5.74, 6) is 0.157. The van der Waals surface area contributed by atoms with Crippen molar-refractivity contribution in [3.8, 4) is 0 Å². The quantitative estimate of drug-likeness (QED) is 0.603. The monoisotopic (exact) mass is 333 g/mol. The standard InChI is InChI=1S/C18H31N5O/c1-3-5-7-9-11-14(12-10-8-6-4-2)23-13-20-15-16(23)21-18(19)22-17(15)24/h13-14H,3-12H2,1-2H3,(H3,19,21,22,24). The van der Waals surface area contributed by atoms with Crippen LogP contribution in [0.15, 0.2) is 11.1 Å². The Bertz CT molecular complexity index is 664. The Morgan fingerprint density at radius 2 is 1.71 bits per heavy atom. The molecule has 2 rings (SSSR count). The van der Waals surface area contributed by atoms with E-state index < -0.39 is 0 Å². The van der Waals surface area contributed by atoms with Crippen LogP contribution >= 0.6 is 0 Å². The SMILES string of the molecule is CCCCCCC(CCCCCC)n1cnc2c(=O)[nH]c(N)nc21. The molecule has 0 aromatic carbocycles. The topological polar surface area (TPSA) is 89.6 Å². The average molecular weight is 333 g/mol. The number of unbranched alkanes of at least 4 members (excludes halogenated alkanes) is 6. The molecule has 2 heterocycles. The maximum atomic E-state index is 12.0. The highest BCUT2D eigenvalue weighted by Gasteiger charge is 2.17. The minimum absolute atomic E-state index is 0.157. The van der Waals surface area contributed by atoms with E-state index in [9.17, 15) is 4.79 Å². The van der Waals surface area contributed by atoms with Crippen LogP contribution in [0, 0.1) is 0 Å². The van der Waals surface area contributed by atoms with Gasteiger partial charge in [-0.3, -0.25) is 9.78 Å². The number of nitrogens with zero attached hydrogens (tertiary/aromatic N) is 3. The summed E-state index contributed by atoms with van der Waals surface area (Å²) in [7, 11) is 0. The molecule has 0 unspecified atom stereocenters. The third kappa shape index (κ3) is 4.82. The van der Waals surface area contributed by atoms with Gasteiger partial charge < -0.3 is 10.3 Å². The second-order valence-corrected chi connectivity index (χ2v) is 6.63. The summed E-state index contributed by atoms with van der Waals surface area (Å²) in [5.41, 5.74) is 6.47. The predicted octanol–water partition coefficient (Wildman–Crippen LogP) is 4.18. The van der Waals surface area contributed by atoms with Crippen LogP contribution in [0.25, 0.3) is 11.2 Å². The van der Waals surface area contributed by atoms with E-state index in [4.69, 9.17) is 5.73 Å². The van der Waals surface area contributed by atoms with Gasteiger partial charge in [-0.1, -0.05) is 65.2 Å². The first kappa shape index (κ1) is 18.5. The van der Waals surface area contributed by atoms with Crippen LogP contribution in [0.5, 0.6) is 0 Å². The van der Waals surface area contributed by atoms with E-state index in [1.54, 1.807) is 6.33 Å². The molecule has 2 aromatic heterocycles. The number of nitrogens with two attached hydrogens (primary N) is 1. The van der Waals surface area contributed by atoms with Crippen molar-refractivity contribution in [1.82, 2.24) is 19.5 Å². The zero-order valence-corrected chi connectivity index (χ0v) is 15.1. The van der Waals surface area contributed by atoms with Crippen LogP contribution in [0.3, 0.4) is 0 Å². The molecule has 0 saturated carbocycles. The lowest BCUT2D eigenvalue weighted by molar-refractivity contribution is 0.402. The molecule has 0 aliphatic carbocycles. The molecule has 0 bridgehead atoms. The van der Waals surface area contributed by atoms with Crippen molar-refractivity contribution in [2.24, 2.45) is 0 Å². The molecular formula is C18H31N5O. The normalized spacial score (nSPS) is 11.6. The van der Waals surface area contributed by atoms with Crippen molar-refractivity contribution in [1.29, 1.82) is 0 Å². The van der Waals surface area contributed by atoms with E-state index >= 15 is 0 Å². The number of hydrogen-bond acceptors (Lipinski definition) is 4. The van der Waals surface area contributed by atoms with Crippen molar-refractivity contribution in [2.75, 3.05) is 5.73 Å². The number of H-pyrrole nitrogens is 1. The fraction of sp³-hybridized carbons (Fsp3) is 0.722. The Morgan fingerprint density at radius 3 is 2.29 bits per heavy atom. The Labute approximate surface area is 143 Å². The third-order valence-corrected chi connectivity index (χ3v) is 4.63. The number of imidazole rings is 1. The maximum absolute atomic E-state index is 12.0. The zero-order chi connectivity index (χ0) is 17.4. The fourth-order valence-electron chi connectivity index (χ4n) is 3.25. The highest BCUT2D eigenvalue weighted by Crippen LogP contribution is 2.26. The van der Waals surface area contributed by atoms with Gasteiger partial charge in [0.05, 0.1) is 6.33 Å². The Kier molecular flexibility index (Phi) is 7.28. The second-order valence-electron chi connectivity index (χ2n) is 6.63. The maximum Gasteiger partial charge on any atom is 0.280 e. The van der Waals surface area contributed by atoms with Crippen molar-refractivity contribution in [3.63, 3.8) is 0 Å². The lowest BCUT2D eigenvalue weighted by atomic mass is 10.0. The molecule has 3 N–H and O–H groups in total. The molecule has 0 fully saturated rings. The number of nitrogen functional groups attached to an aromatic ring is 1. The van der Waals surface area contributed by atoms with Gasteiger partial charge in [0.2, 0.25) is 5.95 Å². The van der Waals surface area contributed by atoms with Crippen LogP contribution in [0.2, 0.25) is 0 Å². The third-order valence-electron chi connectivity index (χ3n) is 4.63. The molecule has 0 radical (unpaired) electrons. The van der Waals surface area contributed by atoms with E-state index in [0.29, 0.717) is 17.2 Å². The van der Waals surface area contributed by atoms with Crippen molar-refractivity contribution < 1.29 is 0 Å². The Hall–Kier alpha value is -1.85. The molecule has 6 heteroatoms. The molecule has 0 aliphatic rings. The Balaban J connectivity index is 2.16. The summed E-state index contributed by atoms with van der Waals surface area (Å²) in [5, 5.41) is 0. The van der Waals surface area contributed by atoms with Gasteiger partial charge in [0, 0.05) is 6.04 Å². The van der Waals surface area contributed by atoms with Gasteiger partial charge in [0.15, 0.2) is 11.2 Å². The minimum atomic E-state index is -0.257. The van der Waals surface area contributed by atoms with Crippen LogP contribution in [0.1, 0.15) is 84.1 Å². The Morgan fingerprint density at radius 1 is 1.08 bits per heavy atom. The molecular weight excluding hydrogens is 302 g/mol. The summed E-state index contributed by atoms with van der Waals surface area (Å²) in [4.78, 5) is 23.1. The van der Waals surface area contributed by atoms with Crippen LogP contribution in [-0.2, 0) is 0 Å². The first-order chi connectivity index (χ1) is 11.7. The van der Waals surface area contributed by atoms with Crippen LogP contribution in [-0.4, -0.2) is 19.5 Å². The summed E-state index contributed by atoms with van der Waals surface area (Å²) in [6, 6.07) is 0.345. The van der Waals surface area contributed by atoms with Gasteiger partial charge in [-0.25, -0.2) is 4.98 Å². The predicted molar refractivity (Wildman–Crippen MR) is 99.1 cm³/mol. The van der Waals surface area contributed by atoms with E-state index in [-0.39, 0.29) is 11.5 Å². The average Bonchev–Trinajstić information content (AvgIpc) is 2.97. The summed E-state index contributed by atoms with van der Waals surface area (Å²) < 4.78 is 2.07. The smallest absolute Gasteiger partial charge is 0.280 e. The molecule has 0 spiro atoms. The number of rotatable bonds is 11. The summed E-state index contributed by atoms with van der Waals surface area (Å²) >= 11 is 0. The van der Waals surface area contributed by atoms with Crippen molar-refractivity contribution >= 4 is 17.1 Å². The number of hydrogen-bond donors (Lipinski definition) is 2. The lowest BCUT2D eigenvalue weighted by Crippen LogP contribution is -2.14. The van der Waals surface area contributed by atoms with Crippen LogP contribution in [0.4, 0.5) is 5.95 Å². The molecule has 6 nitrogen and oxygen atoms in total. The van der Waals surface area contributed by atoms with E-state index in [0.717, 1.165) is 12.8 Å². The number of nitrogens with one attached hydrogen (secondary N) is 1. The fourth-order valence-corrected chi connectivity index (χ4v) is 3.25. The second kappa shape index (κ2) is 9.45. The lowest BCUT2D eigenvalue weighted by Gasteiger charge is -2.19.